The first-order chi connectivity index (χ1) is 13.6. The lowest BCUT2D eigenvalue weighted by molar-refractivity contribution is 0.0858. The van der Waals surface area contributed by atoms with Crippen molar-refractivity contribution >= 4 is 5.91 Å². The van der Waals surface area contributed by atoms with E-state index in [1.807, 2.05) is 42.6 Å². The van der Waals surface area contributed by atoms with Gasteiger partial charge in [-0.1, -0.05) is 30.3 Å². The summed E-state index contributed by atoms with van der Waals surface area (Å²) >= 11 is 0. The van der Waals surface area contributed by atoms with Gasteiger partial charge in [0.2, 0.25) is 0 Å². The standard InChI is InChI=1S/C23H25N3O2/c1-16-10-11-18(13-17(16)2)22-21(23(27)24-14-20-9-6-12-28-20)15-26(25-22)19-7-4-3-5-8-19/h3-5,7-8,10-11,13,15,20H,6,9,12,14H2,1-2H3,(H,24,27). The molecule has 1 amide bonds. The SMILES string of the molecule is Cc1ccc(-c2nn(-c3ccccc3)cc2C(=O)NCC2CCCO2)cc1C. The number of benzene rings is 2. The molecule has 0 saturated carbocycles. The minimum absolute atomic E-state index is 0.109. The summed E-state index contributed by atoms with van der Waals surface area (Å²) in [4.78, 5) is 13.0. The van der Waals surface area contributed by atoms with Crippen molar-refractivity contribution in [2.45, 2.75) is 32.8 Å². The van der Waals surface area contributed by atoms with E-state index >= 15 is 0 Å². The Bertz CT molecular complexity index is 973. The van der Waals surface area contributed by atoms with Crippen LogP contribution in [0.1, 0.15) is 34.3 Å². The number of carbonyl (C=O) groups is 1. The molecule has 1 atom stereocenters. The number of amides is 1. The van der Waals surface area contributed by atoms with Gasteiger partial charge in [0.1, 0.15) is 5.69 Å². The van der Waals surface area contributed by atoms with Gasteiger partial charge in [-0.05, 0) is 56.0 Å². The fraction of sp³-hybridized carbons (Fsp3) is 0.304. The highest BCUT2D eigenvalue weighted by Crippen LogP contribution is 2.26. The van der Waals surface area contributed by atoms with Gasteiger partial charge in [-0.2, -0.15) is 5.10 Å². The van der Waals surface area contributed by atoms with Crippen LogP contribution in [-0.2, 0) is 4.74 Å². The monoisotopic (exact) mass is 375 g/mol. The van der Waals surface area contributed by atoms with Crippen LogP contribution in [0.25, 0.3) is 16.9 Å². The fourth-order valence-electron chi connectivity index (χ4n) is 3.46. The molecule has 2 aromatic carbocycles. The maximum Gasteiger partial charge on any atom is 0.255 e. The van der Waals surface area contributed by atoms with Crippen LogP contribution in [0.15, 0.2) is 54.7 Å². The maximum atomic E-state index is 13.0. The van der Waals surface area contributed by atoms with Crippen LogP contribution in [-0.4, -0.2) is 34.9 Å². The molecule has 0 aliphatic carbocycles. The second-order valence-electron chi connectivity index (χ2n) is 7.32. The highest BCUT2D eigenvalue weighted by molar-refractivity contribution is 6.00. The topological polar surface area (TPSA) is 56.2 Å². The van der Waals surface area contributed by atoms with Crippen LogP contribution in [0.4, 0.5) is 0 Å². The summed E-state index contributed by atoms with van der Waals surface area (Å²) in [6, 6.07) is 16.0. The second kappa shape index (κ2) is 7.98. The van der Waals surface area contributed by atoms with E-state index in [-0.39, 0.29) is 12.0 Å². The molecule has 1 N–H and O–H groups in total. The van der Waals surface area contributed by atoms with E-state index in [0.29, 0.717) is 17.8 Å². The molecule has 1 aliphatic heterocycles. The van der Waals surface area contributed by atoms with Crippen molar-refractivity contribution in [3.05, 3.63) is 71.4 Å². The van der Waals surface area contributed by atoms with Crippen molar-refractivity contribution in [2.24, 2.45) is 0 Å². The molecule has 1 unspecified atom stereocenters. The highest BCUT2D eigenvalue weighted by Gasteiger charge is 2.21. The molecule has 28 heavy (non-hydrogen) atoms. The van der Waals surface area contributed by atoms with E-state index in [0.717, 1.165) is 30.7 Å². The molecule has 2 heterocycles. The van der Waals surface area contributed by atoms with E-state index in [1.54, 1.807) is 4.68 Å². The van der Waals surface area contributed by atoms with E-state index in [1.165, 1.54) is 11.1 Å². The van der Waals surface area contributed by atoms with Crippen molar-refractivity contribution in [1.29, 1.82) is 0 Å². The Labute approximate surface area is 165 Å². The quantitative estimate of drug-likeness (QED) is 0.731. The van der Waals surface area contributed by atoms with Crippen LogP contribution in [0.2, 0.25) is 0 Å². The lowest BCUT2D eigenvalue weighted by atomic mass is 10.0. The predicted molar refractivity (Wildman–Crippen MR) is 110 cm³/mol. The summed E-state index contributed by atoms with van der Waals surface area (Å²) in [5.41, 5.74) is 5.53. The molecule has 1 aliphatic rings. The fourth-order valence-corrected chi connectivity index (χ4v) is 3.46. The van der Waals surface area contributed by atoms with Gasteiger partial charge in [0, 0.05) is 24.9 Å². The van der Waals surface area contributed by atoms with E-state index in [4.69, 9.17) is 9.84 Å². The Morgan fingerprint density at radius 3 is 2.71 bits per heavy atom. The summed E-state index contributed by atoms with van der Waals surface area (Å²) in [7, 11) is 0. The first-order valence-corrected chi connectivity index (χ1v) is 9.74. The number of para-hydroxylation sites is 1. The largest absolute Gasteiger partial charge is 0.376 e. The molecule has 0 spiro atoms. The average molecular weight is 375 g/mol. The molecule has 1 fully saturated rings. The lowest BCUT2D eigenvalue weighted by Gasteiger charge is -2.11. The van der Waals surface area contributed by atoms with Crippen molar-refractivity contribution in [2.75, 3.05) is 13.2 Å². The summed E-state index contributed by atoms with van der Waals surface area (Å²) in [5, 5.41) is 7.77. The second-order valence-corrected chi connectivity index (χ2v) is 7.32. The number of carbonyl (C=O) groups excluding carboxylic acids is 1. The molecule has 4 rings (SSSR count). The Morgan fingerprint density at radius 2 is 2.00 bits per heavy atom. The molecule has 1 aromatic heterocycles. The number of rotatable bonds is 5. The Morgan fingerprint density at radius 1 is 1.18 bits per heavy atom. The van der Waals surface area contributed by atoms with Crippen molar-refractivity contribution in [3.63, 3.8) is 0 Å². The van der Waals surface area contributed by atoms with E-state index < -0.39 is 0 Å². The third-order valence-corrected chi connectivity index (χ3v) is 5.27. The van der Waals surface area contributed by atoms with Gasteiger partial charge in [0.05, 0.1) is 17.4 Å². The molecule has 3 aromatic rings. The zero-order chi connectivity index (χ0) is 19.5. The Balaban J connectivity index is 1.68. The van der Waals surface area contributed by atoms with Gasteiger partial charge < -0.3 is 10.1 Å². The average Bonchev–Trinajstić information content (AvgIpc) is 3.39. The lowest BCUT2D eigenvalue weighted by Crippen LogP contribution is -2.31. The molecule has 5 heteroatoms. The van der Waals surface area contributed by atoms with Crippen LogP contribution < -0.4 is 5.32 Å². The molecule has 0 radical (unpaired) electrons. The molecule has 0 bridgehead atoms. The third kappa shape index (κ3) is 3.85. The summed E-state index contributed by atoms with van der Waals surface area (Å²) in [6.45, 7) is 5.46. The van der Waals surface area contributed by atoms with Gasteiger partial charge in [-0.3, -0.25) is 4.79 Å². The number of nitrogens with one attached hydrogen (secondary N) is 1. The van der Waals surface area contributed by atoms with Crippen LogP contribution in [0.3, 0.4) is 0 Å². The minimum Gasteiger partial charge on any atom is -0.376 e. The van der Waals surface area contributed by atoms with Crippen LogP contribution >= 0.6 is 0 Å². The van der Waals surface area contributed by atoms with Crippen molar-refractivity contribution < 1.29 is 9.53 Å². The minimum atomic E-state index is -0.120. The predicted octanol–water partition coefficient (Wildman–Crippen LogP) is 4.06. The summed E-state index contributed by atoms with van der Waals surface area (Å²) < 4.78 is 7.39. The number of aromatic nitrogens is 2. The van der Waals surface area contributed by atoms with Gasteiger partial charge in [-0.15, -0.1) is 0 Å². The van der Waals surface area contributed by atoms with Crippen molar-refractivity contribution in [3.8, 4) is 16.9 Å². The zero-order valence-electron chi connectivity index (χ0n) is 16.3. The maximum absolute atomic E-state index is 13.0. The molecular formula is C23H25N3O2. The Hall–Kier alpha value is -2.92. The number of hydrogen-bond donors (Lipinski definition) is 1. The summed E-state index contributed by atoms with van der Waals surface area (Å²) in [6.07, 6.45) is 3.97. The van der Waals surface area contributed by atoms with E-state index in [2.05, 4.69) is 31.3 Å². The van der Waals surface area contributed by atoms with E-state index in [9.17, 15) is 4.79 Å². The number of nitrogens with zero attached hydrogens (tertiary/aromatic N) is 2. The number of aryl methyl sites for hydroxylation is 2. The van der Waals surface area contributed by atoms with Crippen molar-refractivity contribution in [1.82, 2.24) is 15.1 Å². The van der Waals surface area contributed by atoms with Gasteiger partial charge in [0.25, 0.3) is 5.91 Å². The molecule has 5 nitrogen and oxygen atoms in total. The first kappa shape index (κ1) is 18.4. The zero-order valence-corrected chi connectivity index (χ0v) is 16.3. The summed E-state index contributed by atoms with van der Waals surface area (Å²) in [5.74, 6) is -0.120. The highest BCUT2D eigenvalue weighted by atomic mass is 16.5. The Kier molecular flexibility index (Phi) is 5.26. The number of ether oxygens (including phenoxy) is 1. The van der Waals surface area contributed by atoms with Crippen LogP contribution in [0.5, 0.6) is 0 Å². The number of hydrogen-bond acceptors (Lipinski definition) is 3. The van der Waals surface area contributed by atoms with Crippen LogP contribution in [0, 0.1) is 13.8 Å². The third-order valence-electron chi connectivity index (χ3n) is 5.27. The first-order valence-electron chi connectivity index (χ1n) is 9.74. The molecule has 1 saturated heterocycles. The van der Waals surface area contributed by atoms with Gasteiger partial charge >= 0.3 is 0 Å². The molecule has 144 valence electrons. The van der Waals surface area contributed by atoms with Gasteiger partial charge in [0.15, 0.2) is 0 Å². The van der Waals surface area contributed by atoms with Gasteiger partial charge in [-0.25, -0.2) is 4.68 Å². The molecular weight excluding hydrogens is 350 g/mol. The smallest absolute Gasteiger partial charge is 0.255 e. The normalized spacial score (nSPS) is 16.3.